The molecule has 25 heavy (non-hydrogen) atoms. The molecular weight excluding hydrogens is 325 g/mol. The number of ether oxygens (including phenoxy) is 1. The van der Waals surface area contributed by atoms with Crippen LogP contribution in [0.15, 0.2) is 24.3 Å². The number of rotatable bonds is 2. The van der Waals surface area contributed by atoms with E-state index in [-0.39, 0.29) is 23.7 Å². The van der Waals surface area contributed by atoms with Gasteiger partial charge in [-0.2, -0.15) is 0 Å². The monoisotopic (exact) mass is 349 g/mol. The van der Waals surface area contributed by atoms with E-state index in [1.807, 2.05) is 4.90 Å². The van der Waals surface area contributed by atoms with Crippen molar-refractivity contribution in [3.8, 4) is 0 Å². The van der Waals surface area contributed by atoms with Crippen LogP contribution in [0.2, 0.25) is 0 Å². The van der Waals surface area contributed by atoms with Gasteiger partial charge in [0.15, 0.2) is 0 Å². The van der Waals surface area contributed by atoms with Gasteiger partial charge in [-0.1, -0.05) is 0 Å². The van der Waals surface area contributed by atoms with E-state index in [0.29, 0.717) is 26.2 Å². The summed E-state index contributed by atoms with van der Waals surface area (Å²) < 4.78 is 17.8. The zero-order valence-corrected chi connectivity index (χ0v) is 14.5. The summed E-state index contributed by atoms with van der Waals surface area (Å²) in [6, 6.07) is 6.44. The van der Waals surface area contributed by atoms with Gasteiger partial charge in [0.25, 0.3) is 0 Å². The van der Waals surface area contributed by atoms with Gasteiger partial charge < -0.3 is 19.4 Å². The summed E-state index contributed by atoms with van der Waals surface area (Å²) in [5, 5.41) is 0. The van der Waals surface area contributed by atoms with E-state index in [2.05, 4.69) is 4.90 Å². The molecule has 1 atom stereocenters. The van der Waals surface area contributed by atoms with Crippen molar-refractivity contribution in [2.45, 2.75) is 12.8 Å². The lowest BCUT2D eigenvalue weighted by Gasteiger charge is -2.39. The highest BCUT2D eigenvalue weighted by Gasteiger charge is 2.32. The second-order valence-corrected chi connectivity index (χ2v) is 6.54. The lowest BCUT2D eigenvalue weighted by molar-refractivity contribution is -0.137. The van der Waals surface area contributed by atoms with Crippen LogP contribution in [0.1, 0.15) is 12.8 Å². The fraction of sp³-hybridized carbons (Fsp3) is 0.556. The smallest absolute Gasteiger partial charge is 0.409 e. The number of anilines is 1. The number of carbonyl (C=O) groups is 2. The summed E-state index contributed by atoms with van der Waals surface area (Å²) in [7, 11) is 1.36. The Labute approximate surface area is 147 Å². The number of piperazine rings is 1. The minimum Gasteiger partial charge on any atom is -0.453 e. The van der Waals surface area contributed by atoms with Crippen LogP contribution in [0.5, 0.6) is 0 Å². The molecule has 0 radical (unpaired) electrons. The van der Waals surface area contributed by atoms with E-state index in [9.17, 15) is 14.0 Å². The molecule has 2 aliphatic rings. The summed E-state index contributed by atoms with van der Waals surface area (Å²) >= 11 is 0. The van der Waals surface area contributed by atoms with Gasteiger partial charge in [0.2, 0.25) is 5.91 Å². The highest BCUT2D eigenvalue weighted by Crippen LogP contribution is 2.22. The molecule has 2 fully saturated rings. The molecule has 7 heteroatoms. The zero-order valence-electron chi connectivity index (χ0n) is 14.5. The average molecular weight is 349 g/mol. The van der Waals surface area contributed by atoms with Gasteiger partial charge in [0, 0.05) is 45.0 Å². The van der Waals surface area contributed by atoms with Gasteiger partial charge >= 0.3 is 6.09 Å². The number of amides is 2. The lowest BCUT2D eigenvalue weighted by Crippen LogP contribution is -2.53. The second kappa shape index (κ2) is 7.72. The minimum absolute atomic E-state index is 0.118. The molecule has 2 aliphatic heterocycles. The highest BCUT2D eigenvalue weighted by atomic mass is 19.1. The van der Waals surface area contributed by atoms with Crippen LogP contribution in [0.3, 0.4) is 0 Å². The largest absolute Gasteiger partial charge is 0.453 e. The second-order valence-electron chi connectivity index (χ2n) is 6.54. The van der Waals surface area contributed by atoms with Crippen LogP contribution in [0.4, 0.5) is 14.9 Å². The molecule has 2 heterocycles. The first kappa shape index (κ1) is 17.5. The van der Waals surface area contributed by atoms with Gasteiger partial charge in [0.1, 0.15) is 5.82 Å². The predicted molar refractivity (Wildman–Crippen MR) is 91.9 cm³/mol. The SMILES string of the molecule is COC(=O)N1CCCC(C(=O)N2CCN(c3ccc(F)cc3)CC2)C1. The summed E-state index contributed by atoms with van der Waals surface area (Å²) in [5.74, 6) is -0.275. The molecule has 2 amide bonds. The molecule has 1 aromatic rings. The van der Waals surface area contributed by atoms with Crippen LogP contribution in [0.25, 0.3) is 0 Å². The van der Waals surface area contributed by atoms with Gasteiger partial charge in [-0.25, -0.2) is 9.18 Å². The number of nitrogens with zero attached hydrogens (tertiary/aromatic N) is 3. The third-order valence-electron chi connectivity index (χ3n) is 4.99. The van der Waals surface area contributed by atoms with E-state index in [0.717, 1.165) is 31.6 Å². The van der Waals surface area contributed by atoms with E-state index in [4.69, 9.17) is 4.74 Å². The summed E-state index contributed by atoms with van der Waals surface area (Å²) in [6.45, 7) is 3.82. The minimum atomic E-state index is -0.362. The number of halogens is 1. The first-order valence-corrected chi connectivity index (χ1v) is 8.70. The quantitative estimate of drug-likeness (QED) is 0.819. The molecule has 3 rings (SSSR count). The van der Waals surface area contributed by atoms with Crippen LogP contribution in [0, 0.1) is 11.7 Å². The predicted octanol–water partition coefficient (Wildman–Crippen LogP) is 1.95. The molecule has 1 aromatic carbocycles. The van der Waals surface area contributed by atoms with Crippen molar-refractivity contribution in [1.82, 2.24) is 9.80 Å². The number of benzene rings is 1. The molecule has 0 spiro atoms. The summed E-state index contributed by atoms with van der Waals surface area (Å²) in [5.41, 5.74) is 0.975. The van der Waals surface area contributed by atoms with Gasteiger partial charge in [-0.3, -0.25) is 4.79 Å². The maximum absolute atomic E-state index is 13.0. The van der Waals surface area contributed by atoms with Crippen molar-refractivity contribution < 1.29 is 18.7 Å². The lowest BCUT2D eigenvalue weighted by atomic mass is 9.96. The van der Waals surface area contributed by atoms with E-state index in [1.165, 1.54) is 19.2 Å². The Morgan fingerprint density at radius 2 is 1.72 bits per heavy atom. The Balaban J connectivity index is 1.54. The van der Waals surface area contributed by atoms with E-state index >= 15 is 0 Å². The first-order chi connectivity index (χ1) is 12.1. The maximum atomic E-state index is 13.0. The number of likely N-dealkylation sites (tertiary alicyclic amines) is 1. The van der Waals surface area contributed by atoms with Crippen molar-refractivity contribution in [2.75, 3.05) is 51.3 Å². The van der Waals surface area contributed by atoms with Gasteiger partial charge in [-0.15, -0.1) is 0 Å². The zero-order chi connectivity index (χ0) is 17.8. The number of piperidine rings is 1. The van der Waals surface area contributed by atoms with Crippen LogP contribution >= 0.6 is 0 Å². The third kappa shape index (κ3) is 4.03. The van der Waals surface area contributed by atoms with Crippen LogP contribution in [-0.4, -0.2) is 68.2 Å². The number of hydrogen-bond donors (Lipinski definition) is 0. The van der Waals surface area contributed by atoms with Crippen molar-refractivity contribution in [3.63, 3.8) is 0 Å². The Bertz CT molecular complexity index is 614. The molecular formula is C18H24FN3O3. The van der Waals surface area contributed by atoms with Gasteiger partial charge in [-0.05, 0) is 37.1 Å². The third-order valence-corrected chi connectivity index (χ3v) is 4.99. The fourth-order valence-electron chi connectivity index (χ4n) is 3.57. The van der Waals surface area contributed by atoms with Crippen LogP contribution < -0.4 is 4.90 Å². The van der Waals surface area contributed by atoms with Crippen molar-refractivity contribution >= 4 is 17.7 Å². The standard InChI is InChI=1S/C18H24FN3O3/c1-25-18(24)22-8-2-3-14(13-22)17(23)21-11-9-20(10-12-21)16-6-4-15(19)5-7-16/h4-7,14H,2-3,8-13H2,1H3. The molecule has 0 aliphatic carbocycles. The molecule has 0 saturated carbocycles. The van der Waals surface area contributed by atoms with Crippen molar-refractivity contribution in [1.29, 1.82) is 0 Å². The molecule has 0 N–H and O–H groups in total. The average Bonchev–Trinajstić information content (AvgIpc) is 2.67. The Hall–Kier alpha value is -2.31. The molecule has 2 saturated heterocycles. The fourth-order valence-corrected chi connectivity index (χ4v) is 3.57. The Morgan fingerprint density at radius 3 is 2.36 bits per heavy atom. The molecule has 6 nitrogen and oxygen atoms in total. The highest BCUT2D eigenvalue weighted by molar-refractivity contribution is 5.80. The van der Waals surface area contributed by atoms with E-state index in [1.54, 1.807) is 17.0 Å². The normalized spacial score (nSPS) is 21.2. The molecule has 0 aromatic heterocycles. The van der Waals surface area contributed by atoms with Crippen molar-refractivity contribution in [3.05, 3.63) is 30.1 Å². The summed E-state index contributed by atoms with van der Waals surface area (Å²) in [6.07, 6.45) is 1.27. The Kier molecular flexibility index (Phi) is 5.40. The molecule has 136 valence electrons. The first-order valence-electron chi connectivity index (χ1n) is 8.70. The maximum Gasteiger partial charge on any atom is 0.409 e. The topological polar surface area (TPSA) is 53.1 Å². The van der Waals surface area contributed by atoms with Gasteiger partial charge in [0.05, 0.1) is 13.0 Å². The molecule has 1 unspecified atom stereocenters. The number of hydrogen-bond acceptors (Lipinski definition) is 4. The van der Waals surface area contributed by atoms with E-state index < -0.39 is 0 Å². The van der Waals surface area contributed by atoms with Crippen LogP contribution in [-0.2, 0) is 9.53 Å². The molecule has 0 bridgehead atoms. The summed E-state index contributed by atoms with van der Waals surface area (Å²) in [4.78, 5) is 30.1. The number of methoxy groups -OCH3 is 1. The van der Waals surface area contributed by atoms with Crippen molar-refractivity contribution in [2.24, 2.45) is 5.92 Å². The number of carbonyl (C=O) groups excluding carboxylic acids is 2. The Morgan fingerprint density at radius 1 is 1.04 bits per heavy atom.